The van der Waals surface area contributed by atoms with Gasteiger partial charge in [0.1, 0.15) is 4.90 Å². The molecular weight excluding hydrogens is 318 g/mol. The molecule has 8 heteroatoms. The van der Waals surface area contributed by atoms with E-state index >= 15 is 0 Å². The lowest BCUT2D eigenvalue weighted by Crippen LogP contribution is -2.37. The zero-order valence-electron chi connectivity index (χ0n) is 12.6. The molecule has 0 bridgehead atoms. The second-order valence-electron chi connectivity index (χ2n) is 4.74. The first-order chi connectivity index (χ1) is 9.27. The highest BCUT2D eigenvalue weighted by Gasteiger charge is 2.31. The van der Waals surface area contributed by atoms with Crippen molar-refractivity contribution in [1.29, 1.82) is 0 Å². The monoisotopic (exact) mass is 339 g/mol. The van der Waals surface area contributed by atoms with E-state index in [1.807, 2.05) is 13.2 Å². The van der Waals surface area contributed by atoms with Crippen molar-refractivity contribution in [3.63, 3.8) is 0 Å². The van der Waals surface area contributed by atoms with Crippen LogP contribution in [0.4, 0.5) is 0 Å². The fourth-order valence-electron chi connectivity index (χ4n) is 2.08. The molecule has 0 aromatic carbocycles. The van der Waals surface area contributed by atoms with Crippen LogP contribution in [0.2, 0.25) is 0 Å². The molecule has 0 N–H and O–H groups in total. The van der Waals surface area contributed by atoms with Crippen LogP contribution < -0.4 is 0 Å². The third-order valence-electron chi connectivity index (χ3n) is 3.28. The van der Waals surface area contributed by atoms with Crippen molar-refractivity contribution in [3.05, 3.63) is 11.4 Å². The van der Waals surface area contributed by atoms with Gasteiger partial charge in [0.15, 0.2) is 0 Å². The van der Waals surface area contributed by atoms with Gasteiger partial charge in [-0.1, -0.05) is 0 Å². The maximum Gasteiger partial charge on any atom is 0.246 e. The van der Waals surface area contributed by atoms with Gasteiger partial charge in [-0.3, -0.25) is 4.68 Å². The fourth-order valence-corrected chi connectivity index (χ4v) is 4.77. The number of hydrogen-bond donors (Lipinski definition) is 0. The first kappa shape index (κ1) is 17.8. The quantitative estimate of drug-likeness (QED) is 0.714. The molecule has 1 aromatic rings. The Hall–Kier alpha value is -0.240. The lowest BCUT2D eigenvalue weighted by atomic mass is 10.4. The van der Waals surface area contributed by atoms with Crippen molar-refractivity contribution < 1.29 is 8.42 Å². The highest BCUT2D eigenvalue weighted by atomic mass is 35.5. The molecule has 1 unspecified atom stereocenters. The van der Waals surface area contributed by atoms with E-state index < -0.39 is 10.0 Å². The van der Waals surface area contributed by atoms with Crippen LogP contribution >= 0.6 is 23.4 Å². The minimum atomic E-state index is -3.53. The summed E-state index contributed by atoms with van der Waals surface area (Å²) in [5.41, 5.74) is 1.17. The number of hydrogen-bond acceptors (Lipinski definition) is 4. The van der Waals surface area contributed by atoms with E-state index in [1.165, 1.54) is 4.31 Å². The van der Waals surface area contributed by atoms with Gasteiger partial charge >= 0.3 is 0 Å². The maximum atomic E-state index is 12.7. The molecule has 5 nitrogen and oxygen atoms in total. The minimum Gasteiger partial charge on any atom is -0.267 e. The highest BCUT2D eigenvalue weighted by molar-refractivity contribution is 7.98. The van der Waals surface area contributed by atoms with E-state index in [4.69, 9.17) is 11.6 Å². The summed E-state index contributed by atoms with van der Waals surface area (Å²) in [5, 5.41) is 4.28. The average Bonchev–Trinajstić information content (AvgIpc) is 2.64. The van der Waals surface area contributed by atoms with E-state index in [0.29, 0.717) is 28.7 Å². The fraction of sp³-hybridized carbons (Fsp3) is 0.750. The molecule has 0 aliphatic carbocycles. The Morgan fingerprint density at radius 1 is 1.45 bits per heavy atom. The number of alkyl halides is 1. The molecular formula is C12H22ClN3O2S2. The van der Waals surface area contributed by atoms with Gasteiger partial charge in [-0.2, -0.15) is 21.2 Å². The van der Waals surface area contributed by atoms with Crippen molar-refractivity contribution in [1.82, 2.24) is 14.1 Å². The Bertz CT molecular complexity index is 557. The third kappa shape index (κ3) is 3.50. The van der Waals surface area contributed by atoms with E-state index in [0.717, 1.165) is 5.75 Å². The van der Waals surface area contributed by atoms with Gasteiger partial charge in [-0.25, -0.2) is 8.42 Å². The lowest BCUT2D eigenvalue weighted by molar-refractivity contribution is 0.414. The molecule has 1 heterocycles. The highest BCUT2D eigenvalue weighted by Crippen LogP contribution is 2.24. The number of aryl methyl sites for hydroxylation is 2. The van der Waals surface area contributed by atoms with Crippen molar-refractivity contribution in [2.45, 2.75) is 38.3 Å². The third-order valence-corrected chi connectivity index (χ3v) is 6.49. The minimum absolute atomic E-state index is 0.0647. The summed E-state index contributed by atoms with van der Waals surface area (Å²) in [4.78, 5) is 0.304. The Labute approximate surface area is 130 Å². The molecule has 116 valence electrons. The van der Waals surface area contributed by atoms with E-state index in [9.17, 15) is 8.42 Å². The predicted octanol–water partition coefficient (Wildman–Crippen LogP) is 2.11. The van der Waals surface area contributed by atoms with Crippen LogP contribution in [0.25, 0.3) is 0 Å². The molecule has 0 spiro atoms. The summed E-state index contributed by atoms with van der Waals surface area (Å²) in [6.45, 7) is 5.90. The van der Waals surface area contributed by atoms with Gasteiger partial charge in [0.05, 0.1) is 17.9 Å². The molecule has 1 aromatic heterocycles. The number of sulfonamides is 1. The number of halogens is 1. The molecule has 1 atom stereocenters. The van der Waals surface area contributed by atoms with Gasteiger partial charge in [0.2, 0.25) is 10.0 Å². The second-order valence-corrected chi connectivity index (χ2v) is 7.96. The Morgan fingerprint density at radius 3 is 2.55 bits per heavy atom. The number of nitrogens with zero attached hydrogens (tertiary/aromatic N) is 3. The first-order valence-electron chi connectivity index (χ1n) is 6.34. The molecule has 0 aliphatic heterocycles. The van der Waals surface area contributed by atoms with E-state index in [2.05, 4.69) is 5.10 Å². The molecule has 0 aliphatic rings. The number of aromatic nitrogens is 2. The van der Waals surface area contributed by atoms with E-state index in [1.54, 1.807) is 37.3 Å². The van der Waals surface area contributed by atoms with Crippen LogP contribution in [0.1, 0.15) is 18.3 Å². The summed E-state index contributed by atoms with van der Waals surface area (Å²) in [6, 6.07) is -0.0647. The van der Waals surface area contributed by atoms with Gasteiger partial charge < -0.3 is 0 Å². The van der Waals surface area contributed by atoms with Crippen LogP contribution in [-0.2, 0) is 16.6 Å². The van der Waals surface area contributed by atoms with Gasteiger partial charge in [-0.15, -0.1) is 11.6 Å². The summed E-state index contributed by atoms with van der Waals surface area (Å²) < 4.78 is 28.6. The number of rotatable bonds is 7. The van der Waals surface area contributed by atoms with Crippen LogP contribution in [-0.4, -0.2) is 53.5 Å². The predicted molar refractivity (Wildman–Crippen MR) is 85.2 cm³/mol. The topological polar surface area (TPSA) is 55.2 Å². The Morgan fingerprint density at radius 2 is 2.05 bits per heavy atom. The summed E-state index contributed by atoms with van der Waals surface area (Å²) in [5.74, 6) is 1.16. The van der Waals surface area contributed by atoms with Crippen molar-refractivity contribution in [2.24, 2.45) is 0 Å². The van der Waals surface area contributed by atoms with Crippen LogP contribution in [0.5, 0.6) is 0 Å². The van der Waals surface area contributed by atoms with Gasteiger partial charge in [0.25, 0.3) is 0 Å². The Balaban J connectivity index is 3.22. The van der Waals surface area contributed by atoms with E-state index in [-0.39, 0.29) is 6.04 Å². The van der Waals surface area contributed by atoms with Crippen LogP contribution in [0.15, 0.2) is 4.90 Å². The zero-order valence-corrected chi connectivity index (χ0v) is 14.9. The smallest absolute Gasteiger partial charge is 0.246 e. The maximum absolute atomic E-state index is 12.7. The summed E-state index contributed by atoms with van der Waals surface area (Å²) >= 11 is 7.34. The van der Waals surface area contributed by atoms with Crippen LogP contribution in [0.3, 0.4) is 0 Å². The first-order valence-corrected chi connectivity index (χ1v) is 9.71. The molecule has 0 saturated carbocycles. The van der Waals surface area contributed by atoms with Crippen LogP contribution in [0, 0.1) is 13.8 Å². The van der Waals surface area contributed by atoms with Crippen molar-refractivity contribution in [3.8, 4) is 0 Å². The lowest BCUT2D eigenvalue weighted by Gasteiger charge is -2.23. The summed E-state index contributed by atoms with van der Waals surface area (Å²) in [7, 11) is -1.91. The zero-order chi connectivity index (χ0) is 15.5. The second kappa shape index (κ2) is 7.15. The number of thioether (sulfide) groups is 1. The average molecular weight is 340 g/mol. The largest absolute Gasteiger partial charge is 0.267 e. The normalized spacial score (nSPS) is 13.9. The van der Waals surface area contributed by atoms with Crippen molar-refractivity contribution in [2.75, 3.05) is 24.9 Å². The van der Waals surface area contributed by atoms with Gasteiger partial charge in [0, 0.05) is 24.7 Å². The summed E-state index contributed by atoms with van der Waals surface area (Å²) in [6.07, 6.45) is 1.96. The Kier molecular flexibility index (Phi) is 6.37. The molecule has 20 heavy (non-hydrogen) atoms. The molecule has 0 fully saturated rings. The van der Waals surface area contributed by atoms with Crippen molar-refractivity contribution >= 4 is 33.4 Å². The molecule has 0 amide bonds. The molecule has 0 radical (unpaired) electrons. The molecule has 1 rings (SSSR count). The standard InChI is InChI=1S/C12H22ClN3O2S2/c1-9(8-19-5)15(4)20(17,18)12-10(2)14-16(7-6-13)11(12)3/h9H,6-8H2,1-5H3. The SMILES string of the molecule is CSCC(C)N(C)S(=O)(=O)c1c(C)nn(CCCl)c1C. The molecule has 0 saturated heterocycles. The van der Waals surface area contributed by atoms with Gasteiger partial charge in [-0.05, 0) is 27.0 Å².